The molecule has 3 heterocycles. The van der Waals surface area contributed by atoms with E-state index in [0.717, 1.165) is 0 Å². The van der Waals surface area contributed by atoms with Crippen LogP contribution in [0.3, 0.4) is 0 Å². The van der Waals surface area contributed by atoms with Crippen molar-refractivity contribution in [1.29, 1.82) is 0 Å². The van der Waals surface area contributed by atoms with Gasteiger partial charge in [0.05, 0.1) is 30.7 Å². The van der Waals surface area contributed by atoms with Gasteiger partial charge in [0.15, 0.2) is 5.69 Å². The zero-order valence-corrected chi connectivity index (χ0v) is 25.1. The summed E-state index contributed by atoms with van der Waals surface area (Å²) in [6.07, 6.45) is -2.92. The van der Waals surface area contributed by atoms with E-state index < -0.39 is 77.5 Å². The second-order valence-electron chi connectivity index (χ2n) is 12.9. The maximum atomic E-state index is 15.8. The normalized spacial score (nSPS) is 30.5. The molecule has 1 aromatic carbocycles. The van der Waals surface area contributed by atoms with E-state index in [-0.39, 0.29) is 36.3 Å². The Balaban J connectivity index is 1.60. The molecule has 1 aliphatic carbocycles. The summed E-state index contributed by atoms with van der Waals surface area (Å²) in [6, 6.07) is 2.00. The molecule has 2 aromatic rings. The van der Waals surface area contributed by atoms with Crippen LogP contribution in [0.4, 0.5) is 22.4 Å². The van der Waals surface area contributed by atoms with Crippen molar-refractivity contribution in [3.8, 4) is 11.6 Å². The van der Waals surface area contributed by atoms with Crippen LogP contribution >= 0.6 is 0 Å². The smallest absolute Gasteiger partial charge is 0.408 e. The van der Waals surface area contributed by atoms with E-state index in [1.807, 2.05) is 0 Å². The Kier molecular flexibility index (Phi) is 8.17. The zero-order valence-electron chi connectivity index (χ0n) is 25.1. The highest BCUT2D eigenvalue weighted by molar-refractivity contribution is 5.89. The molecule has 0 spiro atoms. The van der Waals surface area contributed by atoms with E-state index in [9.17, 15) is 14.4 Å². The standard InChI is InChI=1S/C30H36F4N4O6/c1-15-20(14-39)38-13-22(15)43-25-23(35-18-9-8-17(42-5)12-19(18)36-25)30(33,34)29(31,32)10-6-7-16-11-21(16)44-27(41)37-24(26(38)40)28(2,3)4/h8-9,12,14-16,20-22,24H,6-7,10-11,13H2,1-5H3,(H,37,41)/t15-,16+,20+,21+,22-,24+/m0/s1. The highest BCUT2D eigenvalue weighted by Gasteiger charge is 2.60. The van der Waals surface area contributed by atoms with E-state index in [4.69, 9.17) is 14.2 Å². The molecule has 5 rings (SSSR count). The molecular formula is C30H36F4N4O6. The molecule has 1 N–H and O–H groups in total. The molecule has 2 fully saturated rings. The number of aldehydes is 1. The number of fused-ring (bicyclic) bond motifs is 5. The van der Waals surface area contributed by atoms with Crippen LogP contribution in [0, 0.1) is 17.3 Å². The van der Waals surface area contributed by atoms with E-state index in [0.29, 0.717) is 18.5 Å². The molecule has 2 bridgehead atoms. The minimum Gasteiger partial charge on any atom is -0.497 e. The van der Waals surface area contributed by atoms with Crippen LogP contribution in [0.1, 0.15) is 59.1 Å². The maximum absolute atomic E-state index is 15.8. The van der Waals surface area contributed by atoms with Crippen LogP contribution in [0.15, 0.2) is 18.2 Å². The van der Waals surface area contributed by atoms with Gasteiger partial charge in [-0.2, -0.15) is 17.6 Å². The van der Waals surface area contributed by atoms with Crippen molar-refractivity contribution in [2.75, 3.05) is 13.7 Å². The second kappa shape index (κ2) is 11.3. The monoisotopic (exact) mass is 624 g/mol. The summed E-state index contributed by atoms with van der Waals surface area (Å²) in [7, 11) is 1.39. The quantitative estimate of drug-likeness (QED) is 0.371. The number of hydrogen-bond acceptors (Lipinski definition) is 8. The first-order valence-corrected chi connectivity index (χ1v) is 14.6. The minimum absolute atomic E-state index is 0.0603. The average Bonchev–Trinajstić information content (AvgIpc) is 3.60. The molecule has 14 heteroatoms. The fourth-order valence-corrected chi connectivity index (χ4v) is 5.83. The Morgan fingerprint density at radius 2 is 1.82 bits per heavy atom. The third kappa shape index (κ3) is 5.86. The Morgan fingerprint density at radius 3 is 2.48 bits per heavy atom. The van der Waals surface area contributed by atoms with Crippen LogP contribution in [0.2, 0.25) is 0 Å². The van der Waals surface area contributed by atoms with Crippen LogP contribution in [-0.4, -0.2) is 77.0 Å². The number of methoxy groups -OCH3 is 1. The molecule has 1 saturated carbocycles. The Morgan fingerprint density at radius 1 is 1.09 bits per heavy atom. The zero-order chi connectivity index (χ0) is 32.2. The molecule has 2 amide bonds. The largest absolute Gasteiger partial charge is 0.497 e. The molecule has 240 valence electrons. The first-order valence-electron chi connectivity index (χ1n) is 14.6. The Labute approximate surface area is 251 Å². The van der Waals surface area contributed by atoms with Crippen LogP contribution in [0.5, 0.6) is 11.6 Å². The molecule has 1 aromatic heterocycles. The number of nitrogens with zero attached hydrogens (tertiary/aromatic N) is 3. The molecule has 10 nitrogen and oxygen atoms in total. The molecule has 0 radical (unpaired) electrons. The first-order chi connectivity index (χ1) is 20.6. The average molecular weight is 625 g/mol. The van der Waals surface area contributed by atoms with Crippen molar-refractivity contribution in [3.63, 3.8) is 0 Å². The Bertz CT molecular complexity index is 1450. The Hall–Kier alpha value is -3.71. The van der Waals surface area contributed by atoms with Crippen LogP contribution < -0.4 is 14.8 Å². The number of aromatic nitrogens is 2. The molecule has 3 aliphatic rings. The molecule has 44 heavy (non-hydrogen) atoms. The van der Waals surface area contributed by atoms with Gasteiger partial charge in [-0.15, -0.1) is 0 Å². The highest BCUT2D eigenvalue weighted by atomic mass is 19.3. The third-order valence-electron chi connectivity index (χ3n) is 8.70. The van der Waals surface area contributed by atoms with Crippen molar-refractivity contribution >= 4 is 29.3 Å². The number of alkyl halides is 4. The maximum Gasteiger partial charge on any atom is 0.408 e. The molecule has 2 aliphatic heterocycles. The second-order valence-corrected chi connectivity index (χ2v) is 12.9. The van der Waals surface area contributed by atoms with Gasteiger partial charge >= 0.3 is 17.9 Å². The number of rotatable bonds is 2. The fourth-order valence-electron chi connectivity index (χ4n) is 5.83. The molecule has 1 saturated heterocycles. The number of nitrogens with one attached hydrogen (secondary N) is 1. The van der Waals surface area contributed by atoms with Gasteiger partial charge in [0.1, 0.15) is 30.3 Å². The summed E-state index contributed by atoms with van der Waals surface area (Å²) in [5.74, 6) is -11.5. The molecule has 0 unspecified atom stereocenters. The lowest BCUT2D eigenvalue weighted by atomic mass is 9.85. The summed E-state index contributed by atoms with van der Waals surface area (Å²) in [5, 5.41) is 2.62. The van der Waals surface area contributed by atoms with Crippen molar-refractivity contribution in [2.24, 2.45) is 17.3 Å². The summed E-state index contributed by atoms with van der Waals surface area (Å²) in [5.41, 5.74) is -2.16. The van der Waals surface area contributed by atoms with Crippen LogP contribution in [-0.2, 0) is 20.2 Å². The van der Waals surface area contributed by atoms with Crippen LogP contribution in [0.25, 0.3) is 11.0 Å². The van der Waals surface area contributed by atoms with Crippen molar-refractivity contribution in [2.45, 2.75) is 89.5 Å². The number of halogens is 4. The molecular weight excluding hydrogens is 588 g/mol. The van der Waals surface area contributed by atoms with Gasteiger partial charge < -0.3 is 29.2 Å². The van der Waals surface area contributed by atoms with Crippen molar-refractivity contribution in [1.82, 2.24) is 20.2 Å². The summed E-state index contributed by atoms with van der Waals surface area (Å²) in [4.78, 5) is 48.2. The predicted octanol–water partition coefficient (Wildman–Crippen LogP) is 4.87. The summed E-state index contributed by atoms with van der Waals surface area (Å²) in [6.45, 7) is 6.51. The minimum atomic E-state index is -4.78. The van der Waals surface area contributed by atoms with E-state index in [1.54, 1.807) is 27.7 Å². The van der Waals surface area contributed by atoms with Gasteiger partial charge in [-0.25, -0.2) is 14.8 Å². The predicted molar refractivity (Wildman–Crippen MR) is 149 cm³/mol. The SMILES string of the molecule is COc1ccc2nc3c(nc2c1)O[C@H]1CN(C(=O)[C@H](C(C)(C)C)NC(=O)O[C@@H]2C[C@H]2CCCC(F)(F)C3(F)F)[C@H](C=O)[C@@H]1C. The van der Waals surface area contributed by atoms with Gasteiger partial charge in [0, 0.05) is 18.4 Å². The van der Waals surface area contributed by atoms with Gasteiger partial charge in [-0.1, -0.05) is 27.7 Å². The topological polar surface area (TPSA) is 120 Å². The van der Waals surface area contributed by atoms with Gasteiger partial charge in [-0.3, -0.25) is 4.79 Å². The van der Waals surface area contributed by atoms with E-state index in [2.05, 4.69) is 15.3 Å². The lowest BCUT2D eigenvalue weighted by molar-refractivity contribution is -0.223. The number of carbonyl (C=O) groups is 3. The highest BCUT2D eigenvalue weighted by Crippen LogP contribution is 2.49. The van der Waals surface area contributed by atoms with E-state index in [1.165, 1.54) is 30.2 Å². The third-order valence-corrected chi connectivity index (χ3v) is 8.70. The number of amides is 2. The lowest BCUT2D eigenvalue weighted by Crippen LogP contribution is -2.56. The number of alkyl carbamates (subject to hydrolysis) is 1. The number of carbonyl (C=O) groups excluding carboxylic acids is 3. The first kappa shape index (κ1) is 31.7. The number of hydrogen-bond donors (Lipinski definition) is 1. The van der Waals surface area contributed by atoms with Crippen molar-refractivity contribution < 1.29 is 46.2 Å². The molecule has 6 atom stereocenters. The summed E-state index contributed by atoms with van der Waals surface area (Å²) < 4.78 is 78.8. The van der Waals surface area contributed by atoms with Gasteiger partial charge in [0.25, 0.3) is 0 Å². The van der Waals surface area contributed by atoms with Crippen molar-refractivity contribution in [3.05, 3.63) is 23.9 Å². The summed E-state index contributed by atoms with van der Waals surface area (Å²) >= 11 is 0. The van der Waals surface area contributed by atoms with E-state index >= 15 is 17.6 Å². The number of benzene rings is 1. The number of ether oxygens (including phenoxy) is 3. The van der Waals surface area contributed by atoms with Gasteiger partial charge in [-0.05, 0) is 42.7 Å². The lowest BCUT2D eigenvalue weighted by Gasteiger charge is -2.34. The fraction of sp³-hybridized carbons (Fsp3) is 0.633. The van der Waals surface area contributed by atoms with Gasteiger partial charge in [0.2, 0.25) is 11.8 Å².